The van der Waals surface area contributed by atoms with E-state index in [-0.39, 0.29) is 23.9 Å². The zero-order valence-electron chi connectivity index (χ0n) is 19.4. The largest absolute Gasteiger partial charge is 0.377 e. The van der Waals surface area contributed by atoms with Crippen molar-refractivity contribution in [3.8, 4) is 5.69 Å². The number of benzene rings is 1. The lowest BCUT2D eigenvalue weighted by molar-refractivity contribution is -0.143. The van der Waals surface area contributed by atoms with Gasteiger partial charge in [-0.1, -0.05) is 6.07 Å². The molecular weight excluding hydrogens is 510 g/mol. The molecule has 2 aliphatic rings. The van der Waals surface area contributed by atoms with Gasteiger partial charge in [-0.15, -0.1) is 0 Å². The highest BCUT2D eigenvalue weighted by Gasteiger charge is 2.35. The molecule has 1 saturated heterocycles. The molecule has 3 aromatic heterocycles. The number of morpholine rings is 1. The molecule has 180 valence electrons. The average Bonchev–Trinajstić information content (AvgIpc) is 3.48. The number of aromatic nitrogens is 5. The second-order valence-corrected chi connectivity index (χ2v) is 10.1. The van der Waals surface area contributed by atoms with Crippen LogP contribution < -0.4 is 5.32 Å². The maximum atomic E-state index is 13.1. The fourth-order valence-electron chi connectivity index (χ4n) is 5.12. The molecule has 4 heterocycles. The SMILES string of the molecule is C[C@@H]1COCCN1C(=O)[C@@H]1CC[C@@H](Nc2ncc3c(Br)nn(-c4ccc5ncccc5c4)c3n2)C1. The fourth-order valence-corrected chi connectivity index (χ4v) is 5.56. The van der Waals surface area contributed by atoms with Gasteiger partial charge in [0.15, 0.2) is 5.65 Å². The van der Waals surface area contributed by atoms with Gasteiger partial charge in [0.2, 0.25) is 11.9 Å². The maximum absolute atomic E-state index is 13.1. The van der Waals surface area contributed by atoms with Crippen LogP contribution in [0.25, 0.3) is 27.6 Å². The predicted molar refractivity (Wildman–Crippen MR) is 136 cm³/mol. The fraction of sp³-hybridized carbons (Fsp3) is 0.400. The van der Waals surface area contributed by atoms with Crippen LogP contribution in [-0.2, 0) is 9.53 Å². The summed E-state index contributed by atoms with van der Waals surface area (Å²) in [5.41, 5.74) is 2.54. The number of halogens is 1. The number of amides is 1. The number of ether oxygens (including phenoxy) is 1. The summed E-state index contributed by atoms with van der Waals surface area (Å²) in [6, 6.07) is 10.3. The number of carbonyl (C=O) groups is 1. The number of nitrogens with one attached hydrogen (secondary N) is 1. The average molecular weight is 536 g/mol. The molecule has 0 spiro atoms. The highest BCUT2D eigenvalue weighted by Crippen LogP contribution is 2.31. The Kier molecular flexibility index (Phi) is 5.85. The van der Waals surface area contributed by atoms with Crippen molar-refractivity contribution in [2.24, 2.45) is 5.92 Å². The first-order chi connectivity index (χ1) is 17.1. The van der Waals surface area contributed by atoms with Gasteiger partial charge in [-0.3, -0.25) is 9.78 Å². The lowest BCUT2D eigenvalue weighted by Gasteiger charge is -2.35. The molecule has 1 aliphatic carbocycles. The van der Waals surface area contributed by atoms with Crippen molar-refractivity contribution >= 4 is 49.7 Å². The second-order valence-electron chi connectivity index (χ2n) is 9.32. The molecule has 10 heteroatoms. The molecule has 1 aliphatic heterocycles. The van der Waals surface area contributed by atoms with E-state index in [1.807, 2.05) is 33.8 Å². The van der Waals surface area contributed by atoms with Crippen LogP contribution in [0, 0.1) is 5.92 Å². The van der Waals surface area contributed by atoms with Gasteiger partial charge in [0.25, 0.3) is 0 Å². The van der Waals surface area contributed by atoms with Crippen molar-refractivity contribution in [1.82, 2.24) is 29.6 Å². The van der Waals surface area contributed by atoms with Gasteiger partial charge < -0.3 is 15.0 Å². The maximum Gasteiger partial charge on any atom is 0.226 e. The Labute approximate surface area is 211 Å². The van der Waals surface area contributed by atoms with E-state index in [9.17, 15) is 4.79 Å². The summed E-state index contributed by atoms with van der Waals surface area (Å²) < 4.78 is 8.00. The molecule has 1 N–H and O–H groups in total. The van der Waals surface area contributed by atoms with Crippen molar-refractivity contribution in [3.63, 3.8) is 0 Å². The Hall–Kier alpha value is -3.11. The number of carbonyl (C=O) groups excluding carboxylic acids is 1. The van der Waals surface area contributed by atoms with Crippen molar-refractivity contribution in [3.05, 3.63) is 47.3 Å². The topological polar surface area (TPSA) is 98.1 Å². The molecule has 1 amide bonds. The van der Waals surface area contributed by atoms with Crippen molar-refractivity contribution in [1.29, 1.82) is 0 Å². The first-order valence-electron chi connectivity index (χ1n) is 12.0. The number of nitrogens with zero attached hydrogens (tertiary/aromatic N) is 6. The summed E-state index contributed by atoms with van der Waals surface area (Å²) in [4.78, 5) is 28.8. The summed E-state index contributed by atoms with van der Waals surface area (Å²) in [7, 11) is 0. The lowest BCUT2D eigenvalue weighted by atomic mass is 10.0. The van der Waals surface area contributed by atoms with Crippen LogP contribution in [0.5, 0.6) is 0 Å². The monoisotopic (exact) mass is 535 g/mol. The molecule has 2 fully saturated rings. The van der Waals surface area contributed by atoms with Crippen LogP contribution in [-0.4, -0.2) is 67.4 Å². The third-order valence-electron chi connectivity index (χ3n) is 6.98. The highest BCUT2D eigenvalue weighted by atomic mass is 79.9. The zero-order chi connectivity index (χ0) is 23.9. The van der Waals surface area contributed by atoms with Gasteiger partial charge in [0.1, 0.15) is 4.60 Å². The minimum atomic E-state index is 0.0302. The first-order valence-corrected chi connectivity index (χ1v) is 12.8. The summed E-state index contributed by atoms with van der Waals surface area (Å²) in [6.07, 6.45) is 6.14. The third kappa shape index (κ3) is 4.25. The quantitative estimate of drug-likeness (QED) is 0.422. The minimum Gasteiger partial charge on any atom is -0.377 e. The molecule has 9 nitrogen and oxygen atoms in total. The molecular formula is C25H26BrN7O2. The van der Waals surface area contributed by atoms with Gasteiger partial charge in [-0.25, -0.2) is 9.67 Å². The van der Waals surface area contributed by atoms with Gasteiger partial charge in [0.05, 0.1) is 35.8 Å². The standard InChI is InChI=1S/C25H26BrN7O2/c1-15-14-35-10-9-32(15)24(34)17-4-5-18(11-17)29-25-28-13-20-22(26)31-33(23(20)30-25)19-6-7-21-16(12-19)3-2-8-27-21/h2-3,6-8,12-13,15,17-18H,4-5,9-11,14H2,1H3,(H,28,29,30)/t15-,17-,18-/m1/s1. The third-order valence-corrected chi connectivity index (χ3v) is 7.56. The Balaban J connectivity index is 1.22. The second kappa shape index (κ2) is 9.16. The van der Waals surface area contributed by atoms with Crippen molar-refractivity contribution in [2.45, 2.75) is 38.3 Å². The van der Waals surface area contributed by atoms with Gasteiger partial charge >= 0.3 is 0 Å². The molecule has 3 atom stereocenters. The van der Waals surface area contributed by atoms with E-state index in [0.717, 1.165) is 41.2 Å². The van der Waals surface area contributed by atoms with Crippen LogP contribution in [0.3, 0.4) is 0 Å². The minimum absolute atomic E-state index is 0.0302. The number of fused-ring (bicyclic) bond motifs is 2. The number of rotatable bonds is 4. The molecule has 0 radical (unpaired) electrons. The van der Waals surface area contributed by atoms with Crippen LogP contribution in [0.1, 0.15) is 26.2 Å². The van der Waals surface area contributed by atoms with Crippen LogP contribution >= 0.6 is 15.9 Å². The Bertz CT molecular complexity index is 1410. The molecule has 0 unspecified atom stereocenters. The molecule has 1 aromatic carbocycles. The summed E-state index contributed by atoms with van der Waals surface area (Å²) in [5.74, 6) is 0.823. The van der Waals surface area contributed by atoms with Crippen LogP contribution in [0.2, 0.25) is 0 Å². The number of hydrogen-bond acceptors (Lipinski definition) is 7. The molecule has 35 heavy (non-hydrogen) atoms. The molecule has 1 saturated carbocycles. The highest BCUT2D eigenvalue weighted by molar-refractivity contribution is 9.10. The van der Waals surface area contributed by atoms with Gasteiger partial charge in [-0.2, -0.15) is 10.1 Å². The Morgan fingerprint density at radius 2 is 2.14 bits per heavy atom. The van der Waals surface area contributed by atoms with E-state index < -0.39 is 0 Å². The smallest absolute Gasteiger partial charge is 0.226 e. The zero-order valence-corrected chi connectivity index (χ0v) is 21.0. The predicted octanol–water partition coefficient (Wildman–Crippen LogP) is 3.95. The molecule has 0 bridgehead atoms. The Morgan fingerprint density at radius 1 is 1.23 bits per heavy atom. The van der Waals surface area contributed by atoms with E-state index in [1.54, 1.807) is 12.4 Å². The van der Waals surface area contributed by atoms with Gasteiger partial charge in [0, 0.05) is 36.3 Å². The van der Waals surface area contributed by atoms with Crippen molar-refractivity contribution in [2.75, 3.05) is 25.1 Å². The van der Waals surface area contributed by atoms with E-state index in [0.29, 0.717) is 36.0 Å². The lowest BCUT2D eigenvalue weighted by Crippen LogP contribution is -2.49. The Morgan fingerprint density at radius 3 is 3.03 bits per heavy atom. The first kappa shape index (κ1) is 22.4. The van der Waals surface area contributed by atoms with Crippen molar-refractivity contribution < 1.29 is 9.53 Å². The number of hydrogen-bond donors (Lipinski definition) is 1. The number of anilines is 1. The molecule has 4 aromatic rings. The summed E-state index contributed by atoms with van der Waals surface area (Å²) >= 11 is 3.55. The van der Waals surface area contributed by atoms with E-state index in [4.69, 9.17) is 9.72 Å². The van der Waals surface area contributed by atoms with Crippen LogP contribution in [0.15, 0.2) is 47.3 Å². The summed E-state index contributed by atoms with van der Waals surface area (Å²) in [6.45, 7) is 3.97. The molecule has 6 rings (SSSR count). The van der Waals surface area contributed by atoms with Gasteiger partial charge in [-0.05, 0) is 66.4 Å². The van der Waals surface area contributed by atoms with E-state index in [2.05, 4.69) is 49.3 Å². The van der Waals surface area contributed by atoms with E-state index in [1.165, 1.54) is 0 Å². The number of pyridine rings is 1. The van der Waals surface area contributed by atoms with E-state index >= 15 is 0 Å². The normalized spacial score (nSPS) is 22.7. The van der Waals surface area contributed by atoms with Crippen LogP contribution in [0.4, 0.5) is 5.95 Å². The summed E-state index contributed by atoms with van der Waals surface area (Å²) in [5, 5.41) is 9.99.